The lowest BCUT2D eigenvalue weighted by Crippen LogP contribution is -2.26. The van der Waals surface area contributed by atoms with Crippen molar-refractivity contribution in [3.63, 3.8) is 0 Å². The quantitative estimate of drug-likeness (QED) is 0.767. The van der Waals surface area contributed by atoms with Crippen molar-refractivity contribution in [3.05, 3.63) is 21.9 Å². The Hall–Kier alpha value is -0.860. The number of thiophene rings is 1. The second-order valence-electron chi connectivity index (χ2n) is 3.94. The van der Waals surface area contributed by atoms with Crippen LogP contribution >= 0.6 is 11.3 Å². The van der Waals surface area contributed by atoms with Crippen molar-refractivity contribution in [1.82, 2.24) is 4.90 Å². The Morgan fingerprint density at radius 1 is 1.50 bits per heavy atom. The van der Waals surface area contributed by atoms with E-state index in [0.29, 0.717) is 6.42 Å². The van der Waals surface area contributed by atoms with E-state index in [1.165, 1.54) is 4.88 Å². The molecule has 0 aliphatic rings. The molecule has 100 valence electrons. The van der Waals surface area contributed by atoms with Crippen LogP contribution in [0, 0.1) is 11.8 Å². The highest BCUT2D eigenvalue weighted by molar-refractivity contribution is 7.10. The van der Waals surface area contributed by atoms with Crippen LogP contribution in [-0.2, 0) is 11.3 Å². The number of nitrogens with zero attached hydrogens (tertiary/aromatic N) is 1. The summed E-state index contributed by atoms with van der Waals surface area (Å²) in [6.45, 7) is 5.98. The average Bonchev–Trinajstić information content (AvgIpc) is 2.82. The molecule has 0 amide bonds. The maximum absolute atomic E-state index is 8.66. The maximum Gasteiger partial charge on any atom is 0.0589 e. The summed E-state index contributed by atoms with van der Waals surface area (Å²) in [5.41, 5.74) is 1.05. The molecule has 0 aliphatic carbocycles. The fourth-order valence-electron chi connectivity index (χ4n) is 1.54. The molecular weight excluding hydrogens is 246 g/mol. The zero-order valence-electron chi connectivity index (χ0n) is 11.1. The molecule has 0 saturated heterocycles. The first-order valence-electron chi connectivity index (χ1n) is 6.18. The molecule has 0 spiro atoms. The van der Waals surface area contributed by atoms with Gasteiger partial charge in [-0.2, -0.15) is 0 Å². The van der Waals surface area contributed by atoms with Crippen molar-refractivity contribution in [2.45, 2.75) is 19.9 Å². The molecule has 0 saturated carbocycles. The Morgan fingerprint density at radius 3 is 3.00 bits per heavy atom. The van der Waals surface area contributed by atoms with Crippen LogP contribution in [0.4, 0.5) is 0 Å². The Balaban J connectivity index is 2.49. The van der Waals surface area contributed by atoms with Gasteiger partial charge in [0.2, 0.25) is 0 Å². The zero-order valence-corrected chi connectivity index (χ0v) is 11.9. The van der Waals surface area contributed by atoms with Gasteiger partial charge in [0, 0.05) is 42.4 Å². The van der Waals surface area contributed by atoms with Crippen LogP contribution in [0.3, 0.4) is 0 Å². The number of methoxy groups -OCH3 is 1. The minimum Gasteiger partial charge on any atom is -0.395 e. The third-order valence-corrected chi connectivity index (χ3v) is 3.48. The second-order valence-corrected chi connectivity index (χ2v) is 4.93. The van der Waals surface area contributed by atoms with Gasteiger partial charge in [0.1, 0.15) is 0 Å². The van der Waals surface area contributed by atoms with Crippen molar-refractivity contribution in [2.75, 3.05) is 33.4 Å². The van der Waals surface area contributed by atoms with Crippen molar-refractivity contribution >= 4 is 11.3 Å². The van der Waals surface area contributed by atoms with Crippen LogP contribution in [0.5, 0.6) is 0 Å². The van der Waals surface area contributed by atoms with Gasteiger partial charge >= 0.3 is 0 Å². The fourth-order valence-corrected chi connectivity index (χ4v) is 2.40. The molecule has 0 unspecified atom stereocenters. The third-order valence-electron chi connectivity index (χ3n) is 2.56. The largest absolute Gasteiger partial charge is 0.395 e. The molecule has 1 N–H and O–H groups in total. The average molecular weight is 267 g/mol. The molecule has 3 nitrogen and oxygen atoms in total. The van der Waals surface area contributed by atoms with Gasteiger partial charge in [-0.15, -0.1) is 11.3 Å². The smallest absolute Gasteiger partial charge is 0.0589 e. The first kappa shape index (κ1) is 15.2. The highest BCUT2D eigenvalue weighted by Gasteiger charge is 2.05. The molecule has 0 atom stereocenters. The first-order chi connectivity index (χ1) is 8.80. The molecule has 0 bridgehead atoms. The Kier molecular flexibility index (Phi) is 7.70. The summed E-state index contributed by atoms with van der Waals surface area (Å²) in [7, 11) is 1.73. The number of hydrogen-bond acceptors (Lipinski definition) is 4. The lowest BCUT2D eigenvalue weighted by Gasteiger charge is -2.18. The summed E-state index contributed by atoms with van der Waals surface area (Å²) < 4.78 is 5.10. The van der Waals surface area contributed by atoms with Crippen LogP contribution in [0.25, 0.3) is 0 Å². The predicted molar refractivity (Wildman–Crippen MR) is 75.7 cm³/mol. The van der Waals surface area contributed by atoms with Gasteiger partial charge in [-0.25, -0.2) is 0 Å². The van der Waals surface area contributed by atoms with Crippen molar-refractivity contribution in [1.29, 1.82) is 0 Å². The lowest BCUT2D eigenvalue weighted by atomic mass is 10.3. The summed E-state index contributed by atoms with van der Waals surface area (Å²) in [4.78, 5) is 3.67. The van der Waals surface area contributed by atoms with E-state index in [1.807, 2.05) is 0 Å². The van der Waals surface area contributed by atoms with Gasteiger partial charge in [-0.3, -0.25) is 4.90 Å². The molecule has 0 aliphatic heterocycles. The van der Waals surface area contributed by atoms with E-state index < -0.39 is 0 Å². The van der Waals surface area contributed by atoms with Gasteiger partial charge in [0.25, 0.3) is 0 Å². The van der Waals surface area contributed by atoms with E-state index in [2.05, 4.69) is 35.1 Å². The van der Waals surface area contributed by atoms with E-state index in [9.17, 15) is 0 Å². The van der Waals surface area contributed by atoms with Gasteiger partial charge < -0.3 is 9.84 Å². The molecule has 0 aromatic carbocycles. The fraction of sp³-hybridized carbons (Fsp3) is 0.571. The SMILES string of the molecule is CCN(CCOC)Cc1cc(C#CCCO)cs1. The third kappa shape index (κ3) is 5.65. The minimum atomic E-state index is 0.130. The lowest BCUT2D eigenvalue weighted by molar-refractivity contribution is 0.148. The maximum atomic E-state index is 8.66. The molecule has 18 heavy (non-hydrogen) atoms. The number of aliphatic hydroxyl groups is 1. The normalized spacial score (nSPS) is 10.4. The zero-order chi connectivity index (χ0) is 13.2. The van der Waals surface area contributed by atoms with E-state index >= 15 is 0 Å². The van der Waals surface area contributed by atoms with E-state index in [4.69, 9.17) is 9.84 Å². The number of likely N-dealkylation sites (N-methyl/N-ethyl adjacent to an activating group) is 1. The molecule has 1 aromatic heterocycles. The number of rotatable bonds is 7. The standard InChI is InChI=1S/C14H21NO2S/c1-3-15(7-9-17-2)11-14-10-13(12-18-14)6-4-5-8-16/h10,12,16H,3,5,7-9,11H2,1-2H3. The topological polar surface area (TPSA) is 32.7 Å². The first-order valence-corrected chi connectivity index (χ1v) is 7.06. The summed E-state index contributed by atoms with van der Waals surface area (Å²) in [6.07, 6.45) is 0.542. The highest BCUT2D eigenvalue weighted by Crippen LogP contribution is 2.16. The molecular formula is C14H21NO2S. The number of ether oxygens (including phenoxy) is 1. The Labute approximate surface area is 113 Å². The predicted octanol–water partition coefficient (Wildman–Crippen LogP) is 1.95. The minimum absolute atomic E-state index is 0.130. The van der Waals surface area contributed by atoms with Crippen molar-refractivity contribution in [2.24, 2.45) is 0 Å². The van der Waals surface area contributed by atoms with Gasteiger partial charge in [-0.1, -0.05) is 18.8 Å². The van der Waals surface area contributed by atoms with Crippen LogP contribution < -0.4 is 0 Å². The van der Waals surface area contributed by atoms with Crippen LogP contribution in [0.2, 0.25) is 0 Å². The van der Waals surface area contributed by atoms with E-state index in [-0.39, 0.29) is 6.61 Å². The Bertz CT molecular complexity index is 392. The second kappa shape index (κ2) is 9.12. The molecule has 0 radical (unpaired) electrons. The van der Waals surface area contributed by atoms with Crippen LogP contribution in [0.15, 0.2) is 11.4 Å². The van der Waals surface area contributed by atoms with Gasteiger partial charge in [0.05, 0.1) is 13.2 Å². The summed E-state index contributed by atoms with van der Waals surface area (Å²) in [5.74, 6) is 6.00. The van der Waals surface area contributed by atoms with E-state index in [1.54, 1.807) is 18.4 Å². The molecule has 1 aromatic rings. The molecule has 1 heterocycles. The van der Waals surface area contributed by atoms with Crippen molar-refractivity contribution in [3.8, 4) is 11.8 Å². The van der Waals surface area contributed by atoms with E-state index in [0.717, 1.165) is 31.8 Å². The Morgan fingerprint density at radius 2 is 2.33 bits per heavy atom. The number of hydrogen-bond donors (Lipinski definition) is 1. The molecule has 1 rings (SSSR count). The van der Waals surface area contributed by atoms with Crippen LogP contribution in [-0.4, -0.2) is 43.4 Å². The van der Waals surface area contributed by atoms with Gasteiger partial charge in [0.15, 0.2) is 0 Å². The highest BCUT2D eigenvalue weighted by atomic mass is 32.1. The summed E-state index contributed by atoms with van der Waals surface area (Å²) in [6, 6.07) is 2.13. The monoisotopic (exact) mass is 267 g/mol. The summed E-state index contributed by atoms with van der Waals surface area (Å²) >= 11 is 1.74. The van der Waals surface area contributed by atoms with Crippen molar-refractivity contribution < 1.29 is 9.84 Å². The van der Waals surface area contributed by atoms with Crippen LogP contribution in [0.1, 0.15) is 23.8 Å². The summed E-state index contributed by atoms with van der Waals surface area (Å²) in [5, 5.41) is 10.7. The number of aliphatic hydroxyl groups excluding tert-OH is 1. The van der Waals surface area contributed by atoms with Gasteiger partial charge in [-0.05, 0) is 12.6 Å². The molecule has 0 fully saturated rings. The molecule has 4 heteroatoms.